The van der Waals surface area contributed by atoms with Gasteiger partial charge in [-0.15, -0.1) is 13.2 Å². The number of benzene rings is 2. The molecule has 0 radical (unpaired) electrons. The number of amides is 1. The second kappa shape index (κ2) is 12.2. The fraction of sp³-hybridized carbons (Fsp3) is 0.419. The number of hydrogen-bond acceptors (Lipinski definition) is 9. The molecule has 238 valence electrons. The number of carbonyl (C=O) groups excluding carboxylic acids is 1. The molecule has 1 amide bonds. The third kappa shape index (κ3) is 6.12. The van der Waals surface area contributed by atoms with E-state index in [1.807, 2.05) is 4.68 Å². The highest BCUT2D eigenvalue weighted by molar-refractivity contribution is 5.99. The van der Waals surface area contributed by atoms with Gasteiger partial charge < -0.3 is 20.9 Å². The van der Waals surface area contributed by atoms with Crippen molar-refractivity contribution in [2.24, 2.45) is 5.73 Å². The van der Waals surface area contributed by atoms with Crippen LogP contribution in [0.25, 0.3) is 33.4 Å². The van der Waals surface area contributed by atoms with Crippen molar-refractivity contribution in [3.63, 3.8) is 0 Å². The number of rotatable bonds is 7. The summed E-state index contributed by atoms with van der Waals surface area (Å²) in [6.45, 7) is 2.99. The van der Waals surface area contributed by atoms with E-state index in [0.29, 0.717) is 28.5 Å². The maximum absolute atomic E-state index is 13.3. The molecule has 0 aliphatic carbocycles. The smallest absolute Gasteiger partial charge is 0.496 e. The number of primary amides is 1. The summed E-state index contributed by atoms with van der Waals surface area (Å²) in [7, 11) is 3.59. The van der Waals surface area contributed by atoms with Crippen LogP contribution >= 0.6 is 0 Å². The fourth-order valence-electron chi connectivity index (χ4n) is 6.57. The largest absolute Gasteiger partial charge is 0.573 e. The normalized spacial score (nSPS) is 18.7. The number of piperidine rings is 2. The van der Waals surface area contributed by atoms with E-state index >= 15 is 0 Å². The Bertz CT molecular complexity index is 1720. The van der Waals surface area contributed by atoms with Gasteiger partial charge in [0, 0.05) is 35.3 Å². The van der Waals surface area contributed by atoms with Gasteiger partial charge in [0.25, 0.3) is 0 Å². The molecule has 2 aliphatic rings. The molecule has 4 heterocycles. The molecule has 6 rings (SSSR count). The van der Waals surface area contributed by atoms with Gasteiger partial charge in [0.05, 0.1) is 24.7 Å². The van der Waals surface area contributed by atoms with Crippen LogP contribution in [0.5, 0.6) is 11.5 Å². The molecular formula is C31H35F3N8O3. The molecule has 2 aromatic carbocycles. The maximum Gasteiger partial charge on any atom is 0.573 e. The molecule has 2 saturated heterocycles. The number of anilines is 1. The number of nitrogens with zero attached hydrogens (tertiary/aromatic N) is 6. The number of likely N-dealkylation sites (tertiary alicyclic amines) is 2. The number of carbonyl (C=O) groups is 1. The van der Waals surface area contributed by atoms with Crippen molar-refractivity contribution in [2.75, 3.05) is 39.5 Å². The minimum Gasteiger partial charge on any atom is -0.496 e. The highest BCUT2D eigenvalue weighted by Crippen LogP contribution is 2.42. The minimum atomic E-state index is -4.96. The van der Waals surface area contributed by atoms with Crippen molar-refractivity contribution in [1.29, 1.82) is 0 Å². The number of aromatic nitrogens is 4. The quantitative estimate of drug-likeness (QED) is 0.296. The van der Waals surface area contributed by atoms with E-state index in [1.165, 1.54) is 44.8 Å². The lowest BCUT2D eigenvalue weighted by molar-refractivity contribution is -0.274. The van der Waals surface area contributed by atoms with Gasteiger partial charge in [-0.25, -0.2) is 14.6 Å². The molecule has 1 unspecified atom stereocenters. The van der Waals surface area contributed by atoms with Crippen LogP contribution in [-0.2, 0) is 0 Å². The Balaban J connectivity index is 1.37. The third-order valence-corrected chi connectivity index (χ3v) is 8.77. The Labute approximate surface area is 257 Å². The molecule has 45 heavy (non-hydrogen) atoms. The molecule has 0 saturated carbocycles. The van der Waals surface area contributed by atoms with Crippen molar-refractivity contribution in [1.82, 2.24) is 29.5 Å². The maximum atomic E-state index is 13.3. The highest BCUT2D eigenvalue weighted by Gasteiger charge is 2.34. The number of alkyl halides is 3. The van der Waals surface area contributed by atoms with Gasteiger partial charge in [0.1, 0.15) is 29.3 Å². The summed E-state index contributed by atoms with van der Waals surface area (Å²) in [6, 6.07) is 8.51. The molecule has 4 aromatic rings. The molecule has 14 heteroatoms. The predicted octanol–water partition coefficient (Wildman–Crippen LogP) is 4.83. The van der Waals surface area contributed by atoms with E-state index in [9.17, 15) is 18.0 Å². The SMILES string of the molecule is COc1cc(-c2nn(C3CCN(C4CCCCN4C)CC3)c3ncnc(N)c23)ccc1-c1cc(C(N)=O)ccc1OC(F)(F)F. The summed E-state index contributed by atoms with van der Waals surface area (Å²) in [5.41, 5.74) is 13.8. The van der Waals surface area contributed by atoms with Crippen LogP contribution in [0.2, 0.25) is 0 Å². The van der Waals surface area contributed by atoms with Crippen molar-refractivity contribution in [3.05, 3.63) is 48.3 Å². The molecule has 2 aliphatic heterocycles. The Kier molecular flexibility index (Phi) is 8.27. The van der Waals surface area contributed by atoms with Gasteiger partial charge in [-0.1, -0.05) is 6.07 Å². The molecule has 0 bridgehead atoms. The first-order chi connectivity index (χ1) is 21.5. The zero-order valence-corrected chi connectivity index (χ0v) is 25.0. The van der Waals surface area contributed by atoms with Gasteiger partial charge in [-0.3, -0.25) is 14.6 Å². The van der Waals surface area contributed by atoms with E-state index in [2.05, 4.69) is 31.6 Å². The zero-order chi connectivity index (χ0) is 31.9. The Hall–Kier alpha value is -4.43. The van der Waals surface area contributed by atoms with Crippen LogP contribution in [0.15, 0.2) is 42.7 Å². The number of halogens is 3. The summed E-state index contributed by atoms with van der Waals surface area (Å²) in [5, 5.41) is 5.57. The average molecular weight is 625 g/mol. The molecule has 4 N–H and O–H groups in total. The van der Waals surface area contributed by atoms with Crippen molar-refractivity contribution >= 4 is 22.8 Å². The highest BCUT2D eigenvalue weighted by atomic mass is 19.4. The van der Waals surface area contributed by atoms with Gasteiger partial charge in [-0.05, 0) is 76.0 Å². The third-order valence-electron chi connectivity index (χ3n) is 8.77. The molecule has 2 aromatic heterocycles. The van der Waals surface area contributed by atoms with Crippen LogP contribution in [0, 0.1) is 0 Å². The van der Waals surface area contributed by atoms with Crippen molar-refractivity contribution < 1.29 is 27.4 Å². The molecule has 2 fully saturated rings. The average Bonchev–Trinajstić information content (AvgIpc) is 3.41. The molecular weight excluding hydrogens is 589 g/mol. The van der Waals surface area contributed by atoms with E-state index in [-0.39, 0.29) is 34.3 Å². The lowest BCUT2D eigenvalue weighted by Gasteiger charge is -2.43. The predicted molar refractivity (Wildman–Crippen MR) is 162 cm³/mol. The lowest BCUT2D eigenvalue weighted by Crippen LogP contribution is -2.51. The topological polar surface area (TPSA) is 138 Å². The first kappa shape index (κ1) is 30.6. The number of fused-ring (bicyclic) bond motifs is 1. The van der Waals surface area contributed by atoms with E-state index in [1.54, 1.807) is 18.2 Å². The second-order valence-electron chi connectivity index (χ2n) is 11.5. The number of methoxy groups -OCH3 is 1. The summed E-state index contributed by atoms with van der Waals surface area (Å²) in [6.07, 6.45) is 2.36. The van der Waals surface area contributed by atoms with Gasteiger partial charge in [0.15, 0.2) is 5.65 Å². The summed E-state index contributed by atoms with van der Waals surface area (Å²) in [5.74, 6) is -0.809. The summed E-state index contributed by atoms with van der Waals surface area (Å²) >= 11 is 0. The molecule has 1 atom stereocenters. The number of nitrogens with two attached hydrogens (primary N) is 2. The van der Waals surface area contributed by atoms with Gasteiger partial charge in [-0.2, -0.15) is 5.10 Å². The number of ether oxygens (including phenoxy) is 2. The van der Waals surface area contributed by atoms with Crippen LogP contribution < -0.4 is 20.9 Å². The van der Waals surface area contributed by atoms with Crippen molar-refractivity contribution in [3.8, 4) is 33.9 Å². The van der Waals surface area contributed by atoms with Gasteiger partial charge >= 0.3 is 6.36 Å². The fourth-order valence-corrected chi connectivity index (χ4v) is 6.57. The summed E-state index contributed by atoms with van der Waals surface area (Å²) in [4.78, 5) is 25.6. The Morgan fingerprint density at radius 1 is 0.978 bits per heavy atom. The van der Waals surface area contributed by atoms with E-state index < -0.39 is 18.0 Å². The first-order valence-electron chi connectivity index (χ1n) is 14.9. The number of nitrogen functional groups attached to an aromatic ring is 1. The van der Waals surface area contributed by atoms with Crippen LogP contribution in [0.4, 0.5) is 19.0 Å². The monoisotopic (exact) mass is 624 g/mol. The van der Waals surface area contributed by atoms with Crippen molar-refractivity contribution in [2.45, 2.75) is 50.7 Å². The summed E-state index contributed by atoms with van der Waals surface area (Å²) < 4.78 is 51.6. The standard InChI is InChI=1S/C31H35F3N8O3/c1-40-12-4-3-5-25(40)41-13-10-20(11-14-41)42-30-26(28(35)37-17-38-30)27(39-42)18-6-8-21(24(16-18)44-2)22-15-19(29(36)43)7-9-23(22)45-31(32,33)34/h6-9,15-17,20,25H,3-5,10-14H2,1-2H3,(H2,36,43)(H2,35,37,38). The zero-order valence-electron chi connectivity index (χ0n) is 25.0. The first-order valence-corrected chi connectivity index (χ1v) is 14.9. The van der Waals surface area contributed by atoms with E-state index in [4.69, 9.17) is 21.3 Å². The lowest BCUT2D eigenvalue weighted by atomic mass is 9.98. The minimum absolute atomic E-state index is 0.0133. The van der Waals surface area contributed by atoms with E-state index in [0.717, 1.165) is 38.5 Å². The van der Waals surface area contributed by atoms with Crippen LogP contribution in [0.3, 0.4) is 0 Å². The second-order valence-corrected chi connectivity index (χ2v) is 11.5. The van der Waals surface area contributed by atoms with Crippen LogP contribution in [-0.4, -0.2) is 81.8 Å². The van der Waals surface area contributed by atoms with Crippen LogP contribution in [0.1, 0.15) is 48.5 Å². The molecule has 0 spiro atoms. The Morgan fingerprint density at radius 2 is 1.76 bits per heavy atom. The number of hydrogen-bond donors (Lipinski definition) is 2. The van der Waals surface area contributed by atoms with Gasteiger partial charge in [0.2, 0.25) is 5.91 Å². The molecule has 11 nitrogen and oxygen atoms in total. The Morgan fingerprint density at radius 3 is 2.44 bits per heavy atom.